The van der Waals surface area contributed by atoms with Gasteiger partial charge in [0.05, 0.1) is 5.69 Å². The molecule has 68 valence electrons. The first-order chi connectivity index (χ1) is 6.27. The Morgan fingerprint density at radius 3 is 2.92 bits per heavy atom. The van der Waals surface area contributed by atoms with E-state index >= 15 is 0 Å². The van der Waals surface area contributed by atoms with Gasteiger partial charge >= 0.3 is 0 Å². The van der Waals surface area contributed by atoms with E-state index in [2.05, 4.69) is 12.1 Å². The van der Waals surface area contributed by atoms with Gasteiger partial charge in [-0.3, -0.25) is 10.7 Å². The first-order valence-electron chi connectivity index (χ1n) is 3.96. The van der Waals surface area contributed by atoms with E-state index in [1.54, 1.807) is 12.1 Å². The third kappa shape index (κ3) is 2.42. The van der Waals surface area contributed by atoms with Crippen LogP contribution in [0.3, 0.4) is 0 Å². The largest absolute Gasteiger partial charge is 0.313 e. The molecule has 0 unspecified atom stereocenters. The lowest BCUT2D eigenvalue weighted by molar-refractivity contribution is 0.389. The van der Waals surface area contributed by atoms with Crippen LogP contribution in [0.5, 0.6) is 0 Å². The Morgan fingerprint density at radius 1 is 1.54 bits per heavy atom. The van der Waals surface area contributed by atoms with E-state index in [4.69, 9.17) is 10.6 Å². The standard InChI is InChI=1S/C10H12N2O/c1-8-4-5-10(12-13)7-9(8)3-2-6-11/h3-7,11-13H,1-2H2/b9-3-,11-6?. The minimum Gasteiger partial charge on any atom is -0.313 e. The van der Waals surface area contributed by atoms with Crippen LogP contribution in [0.4, 0.5) is 5.69 Å². The van der Waals surface area contributed by atoms with E-state index in [9.17, 15) is 0 Å². The summed E-state index contributed by atoms with van der Waals surface area (Å²) < 4.78 is 0. The Kier molecular flexibility index (Phi) is 3.23. The topological polar surface area (TPSA) is 56.1 Å². The Bertz CT molecular complexity index is 398. The minimum atomic E-state index is 0.581. The van der Waals surface area contributed by atoms with Crippen LogP contribution in [0, 0.1) is 5.41 Å². The Hall–Kier alpha value is -1.61. The van der Waals surface area contributed by atoms with Gasteiger partial charge in [0, 0.05) is 6.42 Å². The molecule has 3 heteroatoms. The lowest BCUT2D eigenvalue weighted by Gasteiger charge is -1.97. The summed E-state index contributed by atoms with van der Waals surface area (Å²) in [5.41, 5.74) is 2.69. The van der Waals surface area contributed by atoms with E-state index in [1.807, 2.05) is 12.1 Å². The molecule has 0 saturated heterocycles. The first kappa shape index (κ1) is 9.48. The van der Waals surface area contributed by atoms with Crippen molar-refractivity contribution >= 4 is 24.6 Å². The van der Waals surface area contributed by atoms with Gasteiger partial charge < -0.3 is 5.41 Å². The molecular weight excluding hydrogens is 164 g/mol. The summed E-state index contributed by atoms with van der Waals surface area (Å²) >= 11 is 0. The molecule has 0 bridgehead atoms. The van der Waals surface area contributed by atoms with E-state index in [-0.39, 0.29) is 0 Å². The number of hydrogen-bond acceptors (Lipinski definition) is 3. The molecule has 0 aromatic heterocycles. The summed E-state index contributed by atoms with van der Waals surface area (Å²) in [5, 5.41) is 17.4. The molecule has 0 amide bonds. The van der Waals surface area contributed by atoms with E-state index < -0.39 is 0 Å². The Morgan fingerprint density at radius 2 is 2.31 bits per heavy atom. The van der Waals surface area contributed by atoms with Gasteiger partial charge in [0.1, 0.15) is 0 Å². The van der Waals surface area contributed by atoms with Crippen molar-refractivity contribution in [1.29, 1.82) is 5.41 Å². The molecule has 0 aliphatic heterocycles. The second kappa shape index (κ2) is 4.42. The number of nitrogens with one attached hydrogen (secondary N) is 2. The van der Waals surface area contributed by atoms with Crippen LogP contribution in [0.2, 0.25) is 0 Å². The van der Waals surface area contributed by atoms with Crippen LogP contribution < -0.4 is 15.9 Å². The highest BCUT2D eigenvalue weighted by atomic mass is 16.5. The Labute approximate surface area is 76.5 Å². The van der Waals surface area contributed by atoms with Gasteiger partial charge in [-0.05, 0) is 28.8 Å². The van der Waals surface area contributed by atoms with Crippen LogP contribution in [0.1, 0.15) is 6.42 Å². The van der Waals surface area contributed by atoms with Crippen molar-refractivity contribution in [2.45, 2.75) is 6.42 Å². The first-order valence-corrected chi connectivity index (χ1v) is 3.96. The molecular formula is C10H12N2O. The van der Waals surface area contributed by atoms with Crippen molar-refractivity contribution in [2.24, 2.45) is 0 Å². The lowest BCUT2D eigenvalue weighted by atomic mass is 10.2. The molecule has 0 saturated carbocycles. The number of hydrogen-bond donors (Lipinski definition) is 3. The lowest BCUT2D eigenvalue weighted by Crippen LogP contribution is -2.22. The minimum absolute atomic E-state index is 0.581. The molecule has 0 spiro atoms. The number of benzene rings is 1. The summed E-state index contributed by atoms with van der Waals surface area (Å²) in [6, 6.07) is 5.34. The van der Waals surface area contributed by atoms with Crippen molar-refractivity contribution in [2.75, 3.05) is 5.48 Å². The molecule has 13 heavy (non-hydrogen) atoms. The predicted molar refractivity (Wildman–Crippen MR) is 54.5 cm³/mol. The van der Waals surface area contributed by atoms with Gasteiger partial charge in [-0.2, -0.15) is 0 Å². The zero-order valence-corrected chi connectivity index (χ0v) is 7.25. The van der Waals surface area contributed by atoms with Crippen molar-refractivity contribution in [3.8, 4) is 0 Å². The van der Waals surface area contributed by atoms with Crippen molar-refractivity contribution in [3.05, 3.63) is 28.6 Å². The summed E-state index contributed by atoms with van der Waals surface area (Å²) in [4.78, 5) is 0. The van der Waals surface area contributed by atoms with Crippen LogP contribution in [-0.2, 0) is 0 Å². The SMILES string of the molecule is C=c1ccc(NO)c/c1=C/CC=N. The molecule has 0 aliphatic carbocycles. The molecule has 0 atom stereocenters. The second-order valence-corrected chi connectivity index (χ2v) is 2.67. The Balaban J connectivity index is 3.18. The quantitative estimate of drug-likeness (QED) is 0.469. The molecule has 1 rings (SSSR count). The average molecular weight is 176 g/mol. The number of rotatable bonds is 3. The van der Waals surface area contributed by atoms with Gasteiger partial charge in [-0.1, -0.05) is 18.7 Å². The molecule has 0 aliphatic rings. The molecule has 0 heterocycles. The molecule has 3 N–H and O–H groups in total. The summed E-state index contributed by atoms with van der Waals surface area (Å²) in [6.45, 7) is 3.83. The van der Waals surface area contributed by atoms with Gasteiger partial charge in [0.2, 0.25) is 0 Å². The van der Waals surface area contributed by atoms with Crippen molar-refractivity contribution in [1.82, 2.24) is 0 Å². The maximum atomic E-state index is 8.65. The van der Waals surface area contributed by atoms with Crippen LogP contribution >= 0.6 is 0 Å². The van der Waals surface area contributed by atoms with Gasteiger partial charge in [0.25, 0.3) is 0 Å². The smallest absolute Gasteiger partial charge is 0.0608 e. The van der Waals surface area contributed by atoms with E-state index in [1.165, 1.54) is 6.21 Å². The summed E-state index contributed by atoms with van der Waals surface area (Å²) in [6.07, 6.45) is 3.78. The highest BCUT2D eigenvalue weighted by molar-refractivity contribution is 5.62. The molecule has 0 radical (unpaired) electrons. The fourth-order valence-electron chi connectivity index (χ4n) is 1.04. The van der Waals surface area contributed by atoms with Gasteiger partial charge in [-0.25, -0.2) is 0 Å². The predicted octanol–water partition coefficient (Wildman–Crippen LogP) is 0.718. The molecule has 0 fully saturated rings. The summed E-state index contributed by atoms with van der Waals surface area (Å²) in [5.74, 6) is 0. The average Bonchev–Trinajstić information content (AvgIpc) is 2.17. The van der Waals surface area contributed by atoms with Crippen LogP contribution in [-0.4, -0.2) is 11.4 Å². The molecule has 1 aromatic carbocycles. The number of anilines is 1. The highest BCUT2D eigenvalue weighted by Crippen LogP contribution is 1.96. The fourth-order valence-corrected chi connectivity index (χ4v) is 1.04. The van der Waals surface area contributed by atoms with E-state index in [0.717, 1.165) is 10.4 Å². The third-order valence-corrected chi connectivity index (χ3v) is 1.73. The molecule has 1 aromatic rings. The zero-order chi connectivity index (χ0) is 9.68. The maximum Gasteiger partial charge on any atom is 0.0608 e. The normalized spacial score (nSPS) is 11.3. The van der Waals surface area contributed by atoms with Crippen LogP contribution in [0.15, 0.2) is 18.2 Å². The third-order valence-electron chi connectivity index (χ3n) is 1.73. The monoisotopic (exact) mass is 176 g/mol. The fraction of sp³-hybridized carbons (Fsp3) is 0.100. The molecule has 3 nitrogen and oxygen atoms in total. The van der Waals surface area contributed by atoms with Crippen molar-refractivity contribution in [3.63, 3.8) is 0 Å². The van der Waals surface area contributed by atoms with Crippen molar-refractivity contribution < 1.29 is 5.21 Å². The van der Waals surface area contributed by atoms with E-state index in [0.29, 0.717) is 12.1 Å². The maximum absolute atomic E-state index is 8.65. The van der Waals surface area contributed by atoms with Gasteiger partial charge in [-0.15, -0.1) is 0 Å². The second-order valence-electron chi connectivity index (χ2n) is 2.67. The van der Waals surface area contributed by atoms with Crippen LogP contribution in [0.25, 0.3) is 12.7 Å². The van der Waals surface area contributed by atoms with Gasteiger partial charge in [0.15, 0.2) is 0 Å². The summed E-state index contributed by atoms with van der Waals surface area (Å²) in [7, 11) is 0. The highest BCUT2D eigenvalue weighted by Gasteiger charge is 1.88. The zero-order valence-electron chi connectivity index (χ0n) is 7.25.